The molecule has 1 aromatic heterocycles. The van der Waals surface area contributed by atoms with Crippen LogP contribution in [0.2, 0.25) is 0 Å². The van der Waals surface area contributed by atoms with Crippen molar-refractivity contribution in [3.63, 3.8) is 0 Å². The van der Waals surface area contributed by atoms with Crippen LogP contribution in [-0.2, 0) is 11.2 Å². The Balaban J connectivity index is 1.63. The van der Waals surface area contributed by atoms with Gasteiger partial charge in [-0.1, -0.05) is 6.07 Å². The largest absolute Gasteiger partial charge is 0.450 e. The molecule has 20 heavy (non-hydrogen) atoms. The maximum atomic E-state index is 11.6. The van der Waals surface area contributed by atoms with Crippen molar-refractivity contribution in [2.24, 2.45) is 0 Å². The third-order valence-electron chi connectivity index (χ3n) is 3.59. The summed E-state index contributed by atoms with van der Waals surface area (Å²) in [5.41, 5.74) is 1.25. The summed E-state index contributed by atoms with van der Waals surface area (Å²) in [7, 11) is 0. The number of carbonyl (C=O) groups excluding carboxylic acids is 1. The summed E-state index contributed by atoms with van der Waals surface area (Å²) in [6.07, 6.45) is 6.50. The van der Waals surface area contributed by atoms with Gasteiger partial charge in [0.25, 0.3) is 0 Å². The molecule has 1 aliphatic rings. The molecule has 1 N–H and O–H groups in total. The number of likely N-dealkylation sites (tertiary alicyclic amines) is 1. The molecule has 0 atom stereocenters. The fourth-order valence-corrected chi connectivity index (χ4v) is 2.45. The molecule has 5 heteroatoms. The number of rotatable bonds is 5. The van der Waals surface area contributed by atoms with E-state index in [1.165, 1.54) is 5.56 Å². The molecule has 1 amide bonds. The first-order valence-electron chi connectivity index (χ1n) is 7.33. The molecule has 1 aliphatic heterocycles. The highest BCUT2D eigenvalue weighted by atomic mass is 16.6. The van der Waals surface area contributed by atoms with Gasteiger partial charge in [0, 0.05) is 31.5 Å². The molecule has 0 spiro atoms. The molecular weight excluding hydrogens is 254 g/mol. The number of nitrogens with one attached hydrogen (secondary N) is 1. The first-order chi connectivity index (χ1) is 9.79. The van der Waals surface area contributed by atoms with Crippen LogP contribution < -0.4 is 5.32 Å². The van der Waals surface area contributed by atoms with Crippen LogP contribution in [0.4, 0.5) is 4.79 Å². The maximum absolute atomic E-state index is 11.6. The lowest BCUT2D eigenvalue weighted by Crippen LogP contribution is -2.45. The molecule has 0 unspecified atom stereocenters. The highest BCUT2D eigenvalue weighted by molar-refractivity contribution is 5.67. The van der Waals surface area contributed by atoms with E-state index < -0.39 is 0 Å². The van der Waals surface area contributed by atoms with Gasteiger partial charge in [-0.3, -0.25) is 4.98 Å². The molecule has 1 fully saturated rings. The van der Waals surface area contributed by atoms with Crippen molar-refractivity contribution in [3.8, 4) is 0 Å². The minimum absolute atomic E-state index is 0.179. The number of piperidine rings is 1. The van der Waals surface area contributed by atoms with Crippen LogP contribution in [0.1, 0.15) is 25.3 Å². The minimum atomic E-state index is -0.179. The number of ether oxygens (including phenoxy) is 1. The molecule has 1 saturated heterocycles. The average molecular weight is 277 g/mol. The highest BCUT2D eigenvalue weighted by Crippen LogP contribution is 2.11. The van der Waals surface area contributed by atoms with Crippen LogP contribution in [0.15, 0.2) is 24.5 Å². The number of amides is 1. The van der Waals surface area contributed by atoms with E-state index in [-0.39, 0.29) is 6.09 Å². The quantitative estimate of drug-likeness (QED) is 0.892. The molecule has 0 aliphatic carbocycles. The van der Waals surface area contributed by atoms with Crippen molar-refractivity contribution in [2.75, 3.05) is 26.2 Å². The van der Waals surface area contributed by atoms with Crippen molar-refractivity contribution in [2.45, 2.75) is 32.2 Å². The highest BCUT2D eigenvalue weighted by Gasteiger charge is 2.22. The Labute approximate surface area is 120 Å². The molecule has 1 aromatic rings. The van der Waals surface area contributed by atoms with Crippen LogP contribution in [0.5, 0.6) is 0 Å². The van der Waals surface area contributed by atoms with Crippen molar-refractivity contribution < 1.29 is 9.53 Å². The molecule has 0 aromatic carbocycles. The second kappa shape index (κ2) is 7.85. The van der Waals surface area contributed by atoms with Gasteiger partial charge in [-0.25, -0.2) is 4.79 Å². The summed E-state index contributed by atoms with van der Waals surface area (Å²) < 4.78 is 5.02. The molecule has 5 nitrogen and oxygen atoms in total. The van der Waals surface area contributed by atoms with E-state index in [9.17, 15) is 4.79 Å². The predicted octanol–water partition coefficient (Wildman–Crippen LogP) is 1.83. The van der Waals surface area contributed by atoms with Crippen molar-refractivity contribution in [1.29, 1.82) is 0 Å². The summed E-state index contributed by atoms with van der Waals surface area (Å²) in [5.74, 6) is 0. The summed E-state index contributed by atoms with van der Waals surface area (Å²) in [6, 6.07) is 4.56. The molecule has 2 rings (SSSR count). The predicted molar refractivity (Wildman–Crippen MR) is 77.6 cm³/mol. The lowest BCUT2D eigenvalue weighted by atomic mass is 10.1. The fourth-order valence-electron chi connectivity index (χ4n) is 2.45. The summed E-state index contributed by atoms with van der Waals surface area (Å²) in [4.78, 5) is 17.5. The van der Waals surface area contributed by atoms with E-state index in [1.807, 2.05) is 19.2 Å². The minimum Gasteiger partial charge on any atom is -0.450 e. The van der Waals surface area contributed by atoms with E-state index in [4.69, 9.17) is 4.74 Å². The smallest absolute Gasteiger partial charge is 0.409 e. The SMILES string of the molecule is CCOC(=O)N1CCC(NCCc2cccnc2)CC1. The molecule has 2 heterocycles. The third kappa shape index (κ3) is 4.49. The van der Waals surface area contributed by atoms with Crippen LogP contribution in [-0.4, -0.2) is 48.3 Å². The lowest BCUT2D eigenvalue weighted by molar-refractivity contribution is 0.0952. The Morgan fingerprint density at radius 2 is 2.30 bits per heavy atom. The maximum Gasteiger partial charge on any atom is 0.409 e. The molecule has 110 valence electrons. The van der Waals surface area contributed by atoms with Gasteiger partial charge in [0.2, 0.25) is 0 Å². The average Bonchev–Trinajstić information content (AvgIpc) is 2.49. The van der Waals surface area contributed by atoms with Gasteiger partial charge in [0.15, 0.2) is 0 Å². The van der Waals surface area contributed by atoms with Crippen LogP contribution in [0, 0.1) is 0 Å². The van der Waals surface area contributed by atoms with E-state index in [1.54, 1.807) is 11.1 Å². The first-order valence-corrected chi connectivity index (χ1v) is 7.33. The lowest BCUT2D eigenvalue weighted by Gasteiger charge is -2.31. The topological polar surface area (TPSA) is 54.5 Å². The fraction of sp³-hybridized carbons (Fsp3) is 0.600. The second-order valence-electron chi connectivity index (χ2n) is 5.03. The van der Waals surface area contributed by atoms with Gasteiger partial charge in [-0.15, -0.1) is 0 Å². The van der Waals surface area contributed by atoms with Gasteiger partial charge in [0.1, 0.15) is 0 Å². The zero-order valence-corrected chi connectivity index (χ0v) is 12.0. The number of hydrogen-bond donors (Lipinski definition) is 1. The van der Waals surface area contributed by atoms with Gasteiger partial charge in [0.05, 0.1) is 6.61 Å². The Hall–Kier alpha value is -1.62. The molecule has 0 bridgehead atoms. The van der Waals surface area contributed by atoms with E-state index in [0.29, 0.717) is 12.6 Å². The van der Waals surface area contributed by atoms with Crippen LogP contribution in [0.3, 0.4) is 0 Å². The summed E-state index contributed by atoms with van der Waals surface area (Å²) >= 11 is 0. The number of hydrogen-bond acceptors (Lipinski definition) is 4. The normalized spacial score (nSPS) is 16.1. The van der Waals surface area contributed by atoms with E-state index >= 15 is 0 Å². The number of carbonyl (C=O) groups is 1. The number of pyridine rings is 1. The number of nitrogens with zero attached hydrogens (tertiary/aromatic N) is 2. The van der Waals surface area contributed by atoms with Crippen molar-refractivity contribution >= 4 is 6.09 Å². The molecule has 0 saturated carbocycles. The first kappa shape index (κ1) is 14.8. The van der Waals surface area contributed by atoms with Crippen molar-refractivity contribution in [1.82, 2.24) is 15.2 Å². The monoisotopic (exact) mass is 277 g/mol. The van der Waals surface area contributed by atoms with Gasteiger partial charge >= 0.3 is 6.09 Å². The summed E-state index contributed by atoms with van der Waals surface area (Å²) in [5, 5.41) is 3.55. The number of aromatic nitrogens is 1. The van der Waals surface area contributed by atoms with Crippen LogP contribution in [0.25, 0.3) is 0 Å². The zero-order valence-electron chi connectivity index (χ0n) is 12.0. The van der Waals surface area contributed by atoms with E-state index in [0.717, 1.165) is 38.9 Å². The standard InChI is InChI=1S/C15H23N3O2/c1-2-20-15(19)18-10-6-14(7-11-18)17-9-5-13-4-3-8-16-12-13/h3-4,8,12,14,17H,2,5-7,9-11H2,1H3. The van der Waals surface area contributed by atoms with Gasteiger partial charge in [-0.2, -0.15) is 0 Å². The Kier molecular flexibility index (Phi) is 5.80. The second-order valence-corrected chi connectivity index (χ2v) is 5.03. The zero-order chi connectivity index (χ0) is 14.2. The van der Waals surface area contributed by atoms with Gasteiger partial charge < -0.3 is 15.0 Å². The molecular formula is C15H23N3O2. The summed E-state index contributed by atoms with van der Waals surface area (Å²) in [6.45, 7) is 4.80. The Morgan fingerprint density at radius 1 is 1.50 bits per heavy atom. The van der Waals surface area contributed by atoms with E-state index in [2.05, 4.69) is 16.4 Å². The Morgan fingerprint density at radius 3 is 2.95 bits per heavy atom. The third-order valence-corrected chi connectivity index (χ3v) is 3.59. The van der Waals surface area contributed by atoms with Gasteiger partial charge in [-0.05, 0) is 44.4 Å². The molecule has 0 radical (unpaired) electrons. The Bertz CT molecular complexity index is 403. The van der Waals surface area contributed by atoms with Crippen LogP contribution >= 0.6 is 0 Å². The van der Waals surface area contributed by atoms with Crippen molar-refractivity contribution in [3.05, 3.63) is 30.1 Å².